The van der Waals surface area contributed by atoms with Crippen molar-refractivity contribution in [3.63, 3.8) is 0 Å². The lowest BCUT2D eigenvalue weighted by Gasteiger charge is -2.23. The molecule has 14 heavy (non-hydrogen) atoms. The molecule has 0 heterocycles. The van der Waals surface area contributed by atoms with E-state index in [0.29, 0.717) is 0 Å². The van der Waals surface area contributed by atoms with Crippen LogP contribution in [0.25, 0.3) is 0 Å². The molecule has 1 N–H and O–H groups in total. The van der Waals surface area contributed by atoms with Crippen molar-refractivity contribution in [2.45, 2.75) is 45.1 Å². The van der Waals surface area contributed by atoms with Crippen LogP contribution in [0.2, 0.25) is 0 Å². The lowest BCUT2D eigenvalue weighted by molar-refractivity contribution is 0.0444. The normalized spacial score (nSPS) is 19.9. The number of aryl methyl sites for hydroxylation is 2. The van der Waals surface area contributed by atoms with Gasteiger partial charge >= 0.3 is 0 Å². The Hall–Kier alpha value is -0.820. The van der Waals surface area contributed by atoms with Crippen LogP contribution in [-0.2, 0) is 5.60 Å². The molecule has 0 aliphatic heterocycles. The molecule has 1 aromatic carbocycles. The summed E-state index contributed by atoms with van der Waals surface area (Å²) in [5.41, 5.74) is 3.16. The Morgan fingerprint density at radius 3 is 2.29 bits per heavy atom. The molecule has 76 valence electrons. The second-order valence-electron chi connectivity index (χ2n) is 4.54. The molecule has 0 radical (unpaired) electrons. The van der Waals surface area contributed by atoms with Crippen LogP contribution in [0.15, 0.2) is 18.2 Å². The van der Waals surface area contributed by atoms with E-state index in [-0.39, 0.29) is 0 Å². The van der Waals surface area contributed by atoms with Gasteiger partial charge in [0.2, 0.25) is 0 Å². The molecule has 1 saturated carbocycles. The predicted octanol–water partition coefficient (Wildman–Crippen LogP) is 3.07. The Labute approximate surface area is 85.8 Å². The number of aliphatic hydroxyl groups is 1. The van der Waals surface area contributed by atoms with Crippen molar-refractivity contribution in [3.05, 3.63) is 34.9 Å². The molecule has 0 atom stereocenters. The second kappa shape index (κ2) is 3.39. The topological polar surface area (TPSA) is 20.2 Å². The summed E-state index contributed by atoms with van der Waals surface area (Å²) >= 11 is 0. The van der Waals surface area contributed by atoms with Crippen LogP contribution in [-0.4, -0.2) is 5.11 Å². The third-order valence-corrected chi connectivity index (χ3v) is 3.47. The fourth-order valence-electron chi connectivity index (χ4n) is 2.28. The van der Waals surface area contributed by atoms with Crippen molar-refractivity contribution in [2.24, 2.45) is 0 Å². The lowest BCUT2D eigenvalue weighted by Crippen LogP contribution is -2.20. The Bertz CT molecular complexity index is 335. The van der Waals surface area contributed by atoms with Gasteiger partial charge in [0.25, 0.3) is 0 Å². The van der Waals surface area contributed by atoms with Gasteiger partial charge in [-0.3, -0.25) is 0 Å². The molecule has 2 rings (SSSR count). The minimum absolute atomic E-state index is 0.529. The molecular formula is C13H18O. The number of hydrogen-bond acceptors (Lipinski definition) is 1. The van der Waals surface area contributed by atoms with Crippen LogP contribution < -0.4 is 0 Å². The van der Waals surface area contributed by atoms with Crippen LogP contribution in [0.3, 0.4) is 0 Å². The van der Waals surface area contributed by atoms with Gasteiger partial charge in [-0.25, -0.2) is 0 Å². The van der Waals surface area contributed by atoms with Crippen molar-refractivity contribution in [1.29, 1.82) is 0 Å². The summed E-state index contributed by atoms with van der Waals surface area (Å²) in [5.74, 6) is 0. The zero-order chi connectivity index (χ0) is 10.2. The first-order valence-corrected chi connectivity index (χ1v) is 5.42. The molecule has 0 bridgehead atoms. The highest BCUT2D eigenvalue weighted by atomic mass is 16.3. The van der Waals surface area contributed by atoms with E-state index in [4.69, 9.17) is 0 Å². The van der Waals surface area contributed by atoms with E-state index in [1.54, 1.807) is 0 Å². The summed E-state index contributed by atoms with van der Waals surface area (Å²) in [6, 6.07) is 6.33. The standard InChI is InChI=1S/C13H18O/c1-10-5-6-12(9-11(10)2)13(14)7-3-4-8-13/h5-6,9,14H,3-4,7-8H2,1-2H3. The van der Waals surface area contributed by atoms with Gasteiger partial charge in [0.05, 0.1) is 5.60 Å². The Kier molecular flexibility index (Phi) is 2.36. The van der Waals surface area contributed by atoms with Crippen molar-refractivity contribution in [3.8, 4) is 0 Å². The monoisotopic (exact) mass is 190 g/mol. The van der Waals surface area contributed by atoms with Crippen molar-refractivity contribution < 1.29 is 5.11 Å². The van der Waals surface area contributed by atoms with Crippen LogP contribution in [0.4, 0.5) is 0 Å². The molecule has 0 saturated heterocycles. The van der Waals surface area contributed by atoms with Gasteiger partial charge in [0, 0.05) is 0 Å². The Balaban J connectivity index is 2.36. The van der Waals surface area contributed by atoms with Gasteiger partial charge in [-0.1, -0.05) is 31.0 Å². The molecule has 0 unspecified atom stereocenters. The van der Waals surface area contributed by atoms with E-state index >= 15 is 0 Å². The summed E-state index contributed by atoms with van der Waals surface area (Å²) in [6.45, 7) is 4.22. The van der Waals surface area contributed by atoms with Gasteiger partial charge < -0.3 is 5.11 Å². The van der Waals surface area contributed by atoms with E-state index < -0.39 is 5.60 Å². The fourth-order valence-corrected chi connectivity index (χ4v) is 2.28. The first kappa shape index (κ1) is 9.72. The highest BCUT2D eigenvalue weighted by Crippen LogP contribution is 2.38. The van der Waals surface area contributed by atoms with Gasteiger partial charge in [-0.2, -0.15) is 0 Å². The van der Waals surface area contributed by atoms with Crippen molar-refractivity contribution in [1.82, 2.24) is 0 Å². The lowest BCUT2D eigenvalue weighted by atomic mass is 9.90. The molecule has 1 nitrogen and oxygen atoms in total. The van der Waals surface area contributed by atoms with Crippen LogP contribution in [0.1, 0.15) is 42.4 Å². The van der Waals surface area contributed by atoms with Gasteiger partial charge in [0.1, 0.15) is 0 Å². The summed E-state index contributed by atoms with van der Waals surface area (Å²) < 4.78 is 0. The SMILES string of the molecule is Cc1ccc(C2(O)CCCC2)cc1C. The highest BCUT2D eigenvalue weighted by Gasteiger charge is 2.32. The number of rotatable bonds is 1. The average molecular weight is 190 g/mol. The summed E-state index contributed by atoms with van der Waals surface area (Å²) in [4.78, 5) is 0. The molecule has 1 aromatic rings. The van der Waals surface area contributed by atoms with Crippen molar-refractivity contribution in [2.75, 3.05) is 0 Å². The third kappa shape index (κ3) is 1.57. The van der Waals surface area contributed by atoms with Crippen LogP contribution in [0.5, 0.6) is 0 Å². The zero-order valence-corrected chi connectivity index (χ0v) is 9.01. The highest BCUT2D eigenvalue weighted by molar-refractivity contribution is 5.33. The molecule has 1 aliphatic rings. The van der Waals surface area contributed by atoms with Gasteiger partial charge in [-0.15, -0.1) is 0 Å². The van der Waals surface area contributed by atoms with Gasteiger partial charge in [-0.05, 0) is 43.4 Å². The molecule has 1 aliphatic carbocycles. The summed E-state index contributed by atoms with van der Waals surface area (Å²) in [6.07, 6.45) is 4.16. The van der Waals surface area contributed by atoms with E-state index in [1.807, 2.05) is 0 Å². The quantitative estimate of drug-likeness (QED) is 0.721. The molecule has 1 heteroatoms. The van der Waals surface area contributed by atoms with Crippen molar-refractivity contribution >= 4 is 0 Å². The fraction of sp³-hybridized carbons (Fsp3) is 0.538. The maximum absolute atomic E-state index is 10.4. The molecule has 0 spiro atoms. The molecule has 1 fully saturated rings. The minimum atomic E-state index is -0.529. The maximum atomic E-state index is 10.4. The van der Waals surface area contributed by atoms with E-state index in [1.165, 1.54) is 11.1 Å². The Morgan fingerprint density at radius 2 is 1.71 bits per heavy atom. The van der Waals surface area contributed by atoms with Crippen LogP contribution in [0, 0.1) is 13.8 Å². The van der Waals surface area contributed by atoms with Gasteiger partial charge in [0.15, 0.2) is 0 Å². The first-order valence-electron chi connectivity index (χ1n) is 5.42. The average Bonchev–Trinajstić information content (AvgIpc) is 2.58. The number of benzene rings is 1. The second-order valence-corrected chi connectivity index (χ2v) is 4.54. The maximum Gasteiger partial charge on any atom is 0.0896 e. The van der Waals surface area contributed by atoms with Crippen LogP contribution >= 0.6 is 0 Å². The third-order valence-electron chi connectivity index (χ3n) is 3.47. The molecular weight excluding hydrogens is 172 g/mol. The zero-order valence-electron chi connectivity index (χ0n) is 9.01. The first-order chi connectivity index (χ1) is 6.62. The smallest absolute Gasteiger partial charge is 0.0896 e. The molecule has 0 amide bonds. The Morgan fingerprint density at radius 1 is 1.07 bits per heavy atom. The van der Waals surface area contributed by atoms with E-state index in [2.05, 4.69) is 32.0 Å². The summed E-state index contributed by atoms with van der Waals surface area (Å²) in [5, 5.41) is 10.4. The van der Waals surface area contributed by atoms with E-state index in [9.17, 15) is 5.11 Å². The number of hydrogen-bond donors (Lipinski definition) is 1. The minimum Gasteiger partial charge on any atom is -0.385 e. The molecule has 0 aromatic heterocycles. The largest absolute Gasteiger partial charge is 0.385 e. The predicted molar refractivity (Wildman–Crippen MR) is 58.3 cm³/mol. The van der Waals surface area contributed by atoms with E-state index in [0.717, 1.165) is 31.2 Å². The summed E-state index contributed by atoms with van der Waals surface area (Å²) in [7, 11) is 0.